The molecule has 0 aromatic heterocycles. The fraction of sp³-hybridized carbons (Fsp3) is 0.882. The van der Waals surface area contributed by atoms with E-state index in [1.54, 1.807) is 0 Å². The van der Waals surface area contributed by atoms with Crippen LogP contribution in [0.1, 0.15) is 20.8 Å². The number of guanidine groups is 1. The molecule has 0 aliphatic carbocycles. The van der Waals surface area contributed by atoms with Gasteiger partial charge in [0.05, 0.1) is 6.54 Å². The van der Waals surface area contributed by atoms with Crippen LogP contribution >= 0.6 is 11.8 Å². The number of hydrogen-bond donors (Lipinski definition) is 1. The highest BCUT2D eigenvalue weighted by atomic mass is 32.2. The van der Waals surface area contributed by atoms with Crippen LogP contribution in [0, 0.1) is 5.92 Å². The maximum Gasteiger partial charge on any atom is 0.225 e. The zero-order valence-corrected chi connectivity index (χ0v) is 16.3. The molecule has 138 valence electrons. The lowest BCUT2D eigenvalue weighted by Gasteiger charge is -2.37. The molecule has 2 aliphatic heterocycles. The minimum Gasteiger partial charge on any atom is -0.357 e. The van der Waals surface area contributed by atoms with E-state index in [-0.39, 0.29) is 11.8 Å². The minimum absolute atomic E-state index is 0.0844. The summed E-state index contributed by atoms with van der Waals surface area (Å²) in [5, 5.41) is 3.41. The third kappa shape index (κ3) is 5.84. The van der Waals surface area contributed by atoms with Crippen LogP contribution in [-0.2, 0) is 4.79 Å². The van der Waals surface area contributed by atoms with Crippen LogP contribution in [0.2, 0.25) is 0 Å². The molecular weight excluding hydrogens is 322 g/mol. The Morgan fingerprint density at radius 1 is 1.08 bits per heavy atom. The fourth-order valence-corrected chi connectivity index (χ4v) is 4.03. The number of amides is 1. The molecule has 24 heavy (non-hydrogen) atoms. The van der Waals surface area contributed by atoms with E-state index in [2.05, 4.69) is 22.0 Å². The minimum atomic E-state index is 0.0844. The topological polar surface area (TPSA) is 51.2 Å². The Morgan fingerprint density at radius 3 is 2.29 bits per heavy atom. The molecule has 0 aromatic carbocycles. The van der Waals surface area contributed by atoms with Gasteiger partial charge in [0.15, 0.2) is 5.96 Å². The zero-order valence-electron chi connectivity index (χ0n) is 15.5. The van der Waals surface area contributed by atoms with E-state index in [0.717, 1.165) is 51.8 Å². The van der Waals surface area contributed by atoms with Crippen LogP contribution in [-0.4, -0.2) is 97.0 Å². The maximum absolute atomic E-state index is 12.1. The first-order valence-corrected chi connectivity index (χ1v) is 10.4. The van der Waals surface area contributed by atoms with Gasteiger partial charge in [-0.15, -0.1) is 0 Å². The standard InChI is InChI=1S/C17H33N5OS/c1-4-18-17(19-5-6-20-11-13-24-14-12-20)22-9-7-21(8-10-22)16(23)15(2)3/h15H,4-14H2,1-3H3,(H,18,19). The lowest BCUT2D eigenvalue weighted by molar-refractivity contribution is -0.135. The van der Waals surface area contributed by atoms with Gasteiger partial charge in [-0.3, -0.25) is 14.7 Å². The van der Waals surface area contributed by atoms with Crippen molar-refractivity contribution in [2.75, 3.05) is 70.4 Å². The van der Waals surface area contributed by atoms with Gasteiger partial charge in [-0.1, -0.05) is 13.8 Å². The van der Waals surface area contributed by atoms with Crippen LogP contribution < -0.4 is 5.32 Å². The summed E-state index contributed by atoms with van der Waals surface area (Å²) < 4.78 is 0. The number of rotatable bonds is 5. The van der Waals surface area contributed by atoms with Crippen molar-refractivity contribution in [1.29, 1.82) is 0 Å². The molecule has 2 fully saturated rings. The first-order valence-electron chi connectivity index (χ1n) is 9.24. The van der Waals surface area contributed by atoms with E-state index in [4.69, 9.17) is 4.99 Å². The first kappa shape index (κ1) is 19.4. The Bertz CT molecular complexity index is 415. The third-order valence-corrected chi connectivity index (χ3v) is 5.44. The smallest absolute Gasteiger partial charge is 0.225 e. The summed E-state index contributed by atoms with van der Waals surface area (Å²) >= 11 is 2.04. The molecule has 0 saturated carbocycles. The summed E-state index contributed by atoms with van der Waals surface area (Å²) in [6, 6.07) is 0. The molecule has 7 heteroatoms. The molecule has 1 N–H and O–H groups in total. The van der Waals surface area contributed by atoms with Crippen molar-refractivity contribution >= 4 is 23.6 Å². The van der Waals surface area contributed by atoms with Gasteiger partial charge in [0, 0.05) is 69.8 Å². The Balaban J connectivity index is 1.81. The van der Waals surface area contributed by atoms with Gasteiger partial charge in [-0.05, 0) is 6.92 Å². The summed E-state index contributed by atoms with van der Waals surface area (Å²) in [5.74, 6) is 3.84. The predicted molar refractivity (Wildman–Crippen MR) is 103 cm³/mol. The summed E-state index contributed by atoms with van der Waals surface area (Å²) in [6.45, 7) is 14.5. The monoisotopic (exact) mass is 355 g/mol. The molecule has 6 nitrogen and oxygen atoms in total. The van der Waals surface area contributed by atoms with Gasteiger partial charge in [0.2, 0.25) is 5.91 Å². The van der Waals surface area contributed by atoms with E-state index in [1.807, 2.05) is 30.5 Å². The average Bonchev–Trinajstić information content (AvgIpc) is 2.61. The van der Waals surface area contributed by atoms with Crippen molar-refractivity contribution in [1.82, 2.24) is 20.0 Å². The summed E-state index contributed by atoms with van der Waals surface area (Å²) in [5.41, 5.74) is 0. The first-order chi connectivity index (χ1) is 11.6. The Hall–Kier alpha value is -0.950. The Kier molecular flexibility index (Phi) is 8.18. The number of carbonyl (C=O) groups excluding carboxylic acids is 1. The molecular formula is C17H33N5OS. The Morgan fingerprint density at radius 2 is 1.71 bits per heavy atom. The fourth-order valence-electron chi connectivity index (χ4n) is 3.05. The van der Waals surface area contributed by atoms with E-state index < -0.39 is 0 Å². The van der Waals surface area contributed by atoms with Crippen molar-refractivity contribution in [3.05, 3.63) is 0 Å². The highest BCUT2D eigenvalue weighted by Gasteiger charge is 2.24. The van der Waals surface area contributed by atoms with Crippen molar-refractivity contribution < 1.29 is 4.79 Å². The largest absolute Gasteiger partial charge is 0.357 e. The molecule has 0 unspecified atom stereocenters. The number of nitrogens with one attached hydrogen (secondary N) is 1. The summed E-state index contributed by atoms with van der Waals surface area (Å²) in [4.78, 5) is 23.7. The second-order valence-corrected chi connectivity index (χ2v) is 7.88. The third-order valence-electron chi connectivity index (χ3n) is 4.50. The number of carbonyl (C=O) groups is 1. The zero-order chi connectivity index (χ0) is 17.4. The Labute approximate surface area is 151 Å². The molecule has 2 saturated heterocycles. The lowest BCUT2D eigenvalue weighted by Crippen LogP contribution is -2.54. The molecule has 0 radical (unpaired) electrons. The van der Waals surface area contributed by atoms with Gasteiger partial charge in [-0.25, -0.2) is 0 Å². The quantitative estimate of drug-likeness (QED) is 0.584. The van der Waals surface area contributed by atoms with Crippen LogP contribution in [0.25, 0.3) is 0 Å². The van der Waals surface area contributed by atoms with Gasteiger partial charge in [0.25, 0.3) is 0 Å². The van der Waals surface area contributed by atoms with Crippen molar-refractivity contribution in [2.24, 2.45) is 10.9 Å². The van der Waals surface area contributed by atoms with Gasteiger partial charge in [0.1, 0.15) is 0 Å². The van der Waals surface area contributed by atoms with E-state index in [0.29, 0.717) is 0 Å². The molecule has 0 spiro atoms. The number of thioether (sulfide) groups is 1. The molecule has 1 amide bonds. The van der Waals surface area contributed by atoms with Gasteiger partial charge >= 0.3 is 0 Å². The summed E-state index contributed by atoms with van der Waals surface area (Å²) in [6.07, 6.45) is 0. The molecule has 0 atom stereocenters. The average molecular weight is 356 g/mol. The molecule has 2 aliphatic rings. The highest BCUT2D eigenvalue weighted by Crippen LogP contribution is 2.09. The molecule has 2 heterocycles. The van der Waals surface area contributed by atoms with Crippen LogP contribution in [0.4, 0.5) is 0 Å². The van der Waals surface area contributed by atoms with E-state index >= 15 is 0 Å². The SMILES string of the molecule is CCNC(=NCCN1CCSCC1)N1CCN(C(=O)C(C)C)CC1. The van der Waals surface area contributed by atoms with Gasteiger partial charge < -0.3 is 15.1 Å². The predicted octanol–water partition coefficient (Wildman–Crippen LogP) is 0.801. The highest BCUT2D eigenvalue weighted by molar-refractivity contribution is 7.99. The normalized spacial score (nSPS) is 20.6. The number of aliphatic imine (C=N–C) groups is 1. The molecule has 0 bridgehead atoms. The van der Waals surface area contributed by atoms with Crippen molar-refractivity contribution in [3.63, 3.8) is 0 Å². The molecule has 2 rings (SSSR count). The lowest BCUT2D eigenvalue weighted by atomic mass is 10.1. The second-order valence-electron chi connectivity index (χ2n) is 6.66. The van der Waals surface area contributed by atoms with Crippen LogP contribution in [0.3, 0.4) is 0 Å². The van der Waals surface area contributed by atoms with Crippen LogP contribution in [0.5, 0.6) is 0 Å². The van der Waals surface area contributed by atoms with E-state index in [9.17, 15) is 4.79 Å². The van der Waals surface area contributed by atoms with Gasteiger partial charge in [-0.2, -0.15) is 11.8 Å². The van der Waals surface area contributed by atoms with Crippen molar-refractivity contribution in [3.8, 4) is 0 Å². The summed E-state index contributed by atoms with van der Waals surface area (Å²) in [7, 11) is 0. The van der Waals surface area contributed by atoms with E-state index in [1.165, 1.54) is 24.6 Å². The number of hydrogen-bond acceptors (Lipinski definition) is 4. The second kappa shape index (κ2) is 10.1. The number of piperazine rings is 1. The number of nitrogens with zero attached hydrogens (tertiary/aromatic N) is 4. The van der Waals surface area contributed by atoms with Crippen LogP contribution in [0.15, 0.2) is 4.99 Å². The van der Waals surface area contributed by atoms with Crippen molar-refractivity contribution in [2.45, 2.75) is 20.8 Å². The molecule has 0 aromatic rings. The maximum atomic E-state index is 12.1.